The molecule has 25 heavy (non-hydrogen) atoms. The molecule has 0 saturated heterocycles. The summed E-state index contributed by atoms with van der Waals surface area (Å²) < 4.78 is 14.2. The number of hydrogen-bond donors (Lipinski definition) is 2. The molecule has 0 spiro atoms. The van der Waals surface area contributed by atoms with Gasteiger partial charge in [0.25, 0.3) is 0 Å². The molecular weight excluding hydrogens is 341 g/mol. The normalized spacial score (nSPS) is 11.0. The van der Waals surface area contributed by atoms with Crippen molar-refractivity contribution in [3.05, 3.63) is 65.2 Å². The molecule has 0 bridgehead atoms. The van der Waals surface area contributed by atoms with Crippen LogP contribution in [-0.4, -0.2) is 19.9 Å². The van der Waals surface area contributed by atoms with Gasteiger partial charge in [-0.2, -0.15) is 0 Å². The van der Waals surface area contributed by atoms with Crippen molar-refractivity contribution in [3.8, 4) is 11.4 Å². The Morgan fingerprint density at radius 1 is 1.12 bits per heavy atom. The summed E-state index contributed by atoms with van der Waals surface area (Å²) in [5.41, 5.74) is 2.60. The first kappa shape index (κ1) is 15.5. The summed E-state index contributed by atoms with van der Waals surface area (Å²) in [6, 6.07) is 10.1. The summed E-state index contributed by atoms with van der Waals surface area (Å²) in [6.07, 6.45) is 3.40. The van der Waals surface area contributed by atoms with E-state index in [2.05, 4.69) is 25.3 Å². The highest BCUT2D eigenvalue weighted by atomic mass is 35.5. The van der Waals surface area contributed by atoms with Crippen LogP contribution in [0.1, 0.15) is 5.56 Å². The summed E-state index contributed by atoms with van der Waals surface area (Å²) in [5.74, 6) is 1.13. The van der Waals surface area contributed by atoms with Gasteiger partial charge in [0.05, 0.1) is 16.1 Å². The predicted molar refractivity (Wildman–Crippen MR) is 96.5 cm³/mol. The highest BCUT2D eigenvalue weighted by molar-refractivity contribution is 6.33. The Morgan fingerprint density at radius 2 is 2.00 bits per heavy atom. The molecule has 0 aliphatic carbocycles. The lowest BCUT2D eigenvalue weighted by molar-refractivity contribution is 0.630. The standard InChI is InChI=1S/C18H13ClFN5/c1-10-5-6-14(22-9-10)24-18-16-13(7-8-21-18)23-17(25-16)15-11(19)3-2-4-12(15)20/h2-9H,1H3,(H,23,25)(H,21,22,24). The fraction of sp³-hybridized carbons (Fsp3) is 0.0556. The Bertz CT molecular complexity index is 1040. The first-order valence-electron chi connectivity index (χ1n) is 7.60. The number of benzene rings is 1. The van der Waals surface area contributed by atoms with Gasteiger partial charge in [0.1, 0.15) is 23.0 Å². The van der Waals surface area contributed by atoms with Crippen LogP contribution >= 0.6 is 11.6 Å². The van der Waals surface area contributed by atoms with E-state index >= 15 is 0 Å². The molecule has 0 unspecified atom stereocenters. The molecule has 2 N–H and O–H groups in total. The van der Waals surface area contributed by atoms with Gasteiger partial charge in [-0.25, -0.2) is 19.3 Å². The van der Waals surface area contributed by atoms with Crippen molar-refractivity contribution in [1.82, 2.24) is 19.9 Å². The number of imidazole rings is 1. The predicted octanol–water partition coefficient (Wildman–Crippen LogP) is 4.86. The molecule has 4 rings (SSSR count). The van der Waals surface area contributed by atoms with Crippen LogP contribution in [0.15, 0.2) is 48.8 Å². The Hall–Kier alpha value is -2.99. The first-order chi connectivity index (χ1) is 12.1. The SMILES string of the molecule is Cc1ccc(Nc2nccc3nc(-c4c(F)cccc4Cl)[nH]c23)nc1. The molecule has 0 aliphatic heterocycles. The van der Waals surface area contributed by atoms with E-state index in [0.29, 0.717) is 33.5 Å². The number of nitrogens with one attached hydrogen (secondary N) is 2. The van der Waals surface area contributed by atoms with Crippen LogP contribution in [0, 0.1) is 12.7 Å². The number of anilines is 2. The van der Waals surface area contributed by atoms with Gasteiger partial charge in [-0.1, -0.05) is 23.7 Å². The van der Waals surface area contributed by atoms with Gasteiger partial charge in [-0.3, -0.25) is 0 Å². The van der Waals surface area contributed by atoms with Crippen molar-refractivity contribution in [2.24, 2.45) is 0 Å². The van der Waals surface area contributed by atoms with Gasteiger partial charge >= 0.3 is 0 Å². The fourth-order valence-electron chi connectivity index (χ4n) is 2.54. The summed E-state index contributed by atoms with van der Waals surface area (Å²) in [6.45, 7) is 1.97. The van der Waals surface area contributed by atoms with E-state index in [4.69, 9.17) is 11.6 Å². The van der Waals surface area contributed by atoms with Gasteiger partial charge in [0.2, 0.25) is 0 Å². The zero-order valence-corrected chi connectivity index (χ0v) is 14.0. The maximum Gasteiger partial charge on any atom is 0.157 e. The smallest absolute Gasteiger partial charge is 0.157 e. The topological polar surface area (TPSA) is 66.5 Å². The number of nitrogens with zero attached hydrogens (tertiary/aromatic N) is 3. The second-order valence-electron chi connectivity index (χ2n) is 5.58. The van der Waals surface area contributed by atoms with E-state index in [1.807, 2.05) is 19.1 Å². The number of fused-ring (bicyclic) bond motifs is 1. The highest BCUT2D eigenvalue weighted by Crippen LogP contribution is 2.31. The number of rotatable bonds is 3. The lowest BCUT2D eigenvalue weighted by Crippen LogP contribution is -1.96. The molecule has 0 amide bonds. The second kappa shape index (κ2) is 6.14. The molecule has 0 fully saturated rings. The minimum Gasteiger partial charge on any atom is -0.335 e. The van der Waals surface area contributed by atoms with E-state index in [0.717, 1.165) is 5.56 Å². The molecule has 3 aromatic heterocycles. The van der Waals surface area contributed by atoms with E-state index in [1.165, 1.54) is 6.07 Å². The lowest BCUT2D eigenvalue weighted by Gasteiger charge is -2.05. The van der Waals surface area contributed by atoms with Crippen LogP contribution in [0.5, 0.6) is 0 Å². The van der Waals surface area contributed by atoms with E-state index in [9.17, 15) is 4.39 Å². The number of aryl methyl sites for hydroxylation is 1. The number of aromatic amines is 1. The molecule has 4 aromatic rings. The molecule has 0 atom stereocenters. The quantitative estimate of drug-likeness (QED) is 0.551. The number of pyridine rings is 2. The summed E-state index contributed by atoms with van der Waals surface area (Å²) in [5, 5.41) is 3.44. The molecule has 7 heteroatoms. The second-order valence-corrected chi connectivity index (χ2v) is 5.99. The lowest BCUT2D eigenvalue weighted by atomic mass is 10.2. The molecule has 5 nitrogen and oxygen atoms in total. The molecule has 3 heterocycles. The summed E-state index contributed by atoms with van der Waals surface area (Å²) in [7, 11) is 0. The minimum atomic E-state index is -0.436. The molecule has 0 aliphatic rings. The molecule has 1 aromatic carbocycles. The third-order valence-electron chi connectivity index (χ3n) is 3.76. The number of aromatic nitrogens is 4. The Labute approximate surface area is 147 Å². The van der Waals surface area contributed by atoms with Crippen LogP contribution in [0.2, 0.25) is 5.02 Å². The van der Waals surface area contributed by atoms with E-state index in [1.54, 1.807) is 30.6 Å². The third-order valence-corrected chi connectivity index (χ3v) is 4.08. The maximum atomic E-state index is 14.2. The largest absolute Gasteiger partial charge is 0.335 e. The van der Waals surface area contributed by atoms with Crippen molar-refractivity contribution < 1.29 is 4.39 Å². The molecule has 124 valence electrons. The van der Waals surface area contributed by atoms with Crippen LogP contribution in [-0.2, 0) is 0 Å². The average molecular weight is 354 g/mol. The average Bonchev–Trinajstić information content (AvgIpc) is 3.01. The van der Waals surface area contributed by atoms with E-state index < -0.39 is 5.82 Å². The third kappa shape index (κ3) is 2.92. The van der Waals surface area contributed by atoms with Crippen molar-refractivity contribution in [2.45, 2.75) is 6.92 Å². The van der Waals surface area contributed by atoms with Gasteiger partial charge < -0.3 is 10.3 Å². The number of halogens is 2. The van der Waals surface area contributed by atoms with Crippen LogP contribution < -0.4 is 5.32 Å². The molecular formula is C18H13ClFN5. The Kier molecular flexibility index (Phi) is 3.82. The van der Waals surface area contributed by atoms with Gasteiger partial charge in [-0.05, 0) is 36.8 Å². The van der Waals surface area contributed by atoms with Gasteiger partial charge in [0, 0.05) is 12.4 Å². The van der Waals surface area contributed by atoms with Crippen molar-refractivity contribution in [3.63, 3.8) is 0 Å². The molecule has 0 radical (unpaired) electrons. The van der Waals surface area contributed by atoms with Gasteiger partial charge in [-0.15, -0.1) is 0 Å². The van der Waals surface area contributed by atoms with Crippen LogP contribution in [0.4, 0.5) is 16.0 Å². The monoisotopic (exact) mass is 353 g/mol. The van der Waals surface area contributed by atoms with E-state index in [-0.39, 0.29) is 5.56 Å². The van der Waals surface area contributed by atoms with Crippen molar-refractivity contribution >= 4 is 34.3 Å². The zero-order chi connectivity index (χ0) is 17.4. The van der Waals surface area contributed by atoms with Gasteiger partial charge in [0.15, 0.2) is 5.82 Å². The maximum absolute atomic E-state index is 14.2. The van der Waals surface area contributed by atoms with Crippen molar-refractivity contribution in [2.75, 3.05) is 5.32 Å². The van der Waals surface area contributed by atoms with Crippen LogP contribution in [0.3, 0.4) is 0 Å². The highest BCUT2D eigenvalue weighted by Gasteiger charge is 2.16. The first-order valence-corrected chi connectivity index (χ1v) is 7.98. The fourth-order valence-corrected chi connectivity index (χ4v) is 2.79. The Morgan fingerprint density at radius 3 is 2.76 bits per heavy atom. The summed E-state index contributed by atoms with van der Waals surface area (Å²) in [4.78, 5) is 16.2. The van der Waals surface area contributed by atoms with Crippen LogP contribution in [0.25, 0.3) is 22.4 Å². The number of H-pyrrole nitrogens is 1. The zero-order valence-electron chi connectivity index (χ0n) is 13.2. The van der Waals surface area contributed by atoms with Crippen molar-refractivity contribution in [1.29, 1.82) is 0 Å². The Balaban J connectivity index is 1.80. The summed E-state index contributed by atoms with van der Waals surface area (Å²) >= 11 is 6.13. The number of hydrogen-bond acceptors (Lipinski definition) is 4. The molecule has 0 saturated carbocycles. The minimum absolute atomic E-state index is 0.236.